The molecule has 0 atom stereocenters. The third-order valence-electron chi connectivity index (χ3n) is 3.79. The lowest BCUT2D eigenvalue weighted by atomic mass is 9.95. The molecule has 1 heterocycles. The monoisotopic (exact) mass is 247 g/mol. The highest BCUT2D eigenvalue weighted by molar-refractivity contribution is 6.31. The molecule has 0 radical (unpaired) electrons. The number of hydrogen-bond acceptors (Lipinski definition) is 0. The van der Waals surface area contributed by atoms with Crippen molar-refractivity contribution in [1.29, 1.82) is 0 Å². The highest BCUT2D eigenvalue weighted by Crippen LogP contribution is 2.33. The summed E-state index contributed by atoms with van der Waals surface area (Å²) in [4.78, 5) is 0. The number of aromatic nitrogens is 1. The van der Waals surface area contributed by atoms with E-state index in [1.54, 1.807) is 11.3 Å². The fourth-order valence-electron chi connectivity index (χ4n) is 3.09. The molecular formula is C15H18ClN. The van der Waals surface area contributed by atoms with Gasteiger partial charge in [0.25, 0.3) is 0 Å². The fraction of sp³-hybridized carbons (Fsp3) is 0.467. The standard InChI is InChI=1S/C15H18ClN/c1-2-9-17-14-6-4-3-5-12(14)13-10-11(16)7-8-15(13)17/h7-8,10H,2-6,9H2,1H3. The average Bonchev–Trinajstić information content (AvgIpc) is 2.65. The minimum absolute atomic E-state index is 0.861. The maximum atomic E-state index is 6.14. The maximum Gasteiger partial charge on any atom is 0.0486 e. The number of rotatable bonds is 2. The Labute approximate surface area is 107 Å². The zero-order chi connectivity index (χ0) is 11.8. The van der Waals surface area contributed by atoms with Gasteiger partial charge in [0.15, 0.2) is 0 Å². The predicted octanol–water partition coefficient (Wildman–Crippen LogP) is 4.58. The van der Waals surface area contributed by atoms with Crippen molar-refractivity contribution in [3.8, 4) is 0 Å². The van der Waals surface area contributed by atoms with E-state index in [0.717, 1.165) is 11.6 Å². The summed E-state index contributed by atoms with van der Waals surface area (Å²) in [6.45, 7) is 3.38. The Hall–Kier alpha value is -0.950. The SMILES string of the molecule is CCCn1c2c(c3cc(Cl)ccc31)CCCC2. The van der Waals surface area contributed by atoms with Crippen molar-refractivity contribution in [2.75, 3.05) is 0 Å². The lowest BCUT2D eigenvalue weighted by Gasteiger charge is -2.15. The van der Waals surface area contributed by atoms with E-state index in [1.165, 1.54) is 43.0 Å². The Morgan fingerprint density at radius 2 is 2.06 bits per heavy atom. The number of hydrogen-bond donors (Lipinski definition) is 0. The molecular weight excluding hydrogens is 230 g/mol. The number of benzene rings is 1. The molecule has 0 spiro atoms. The maximum absolute atomic E-state index is 6.14. The quantitative estimate of drug-likeness (QED) is 0.732. The molecule has 1 aromatic carbocycles. The third-order valence-corrected chi connectivity index (χ3v) is 4.02. The van der Waals surface area contributed by atoms with Gasteiger partial charge in [-0.1, -0.05) is 18.5 Å². The van der Waals surface area contributed by atoms with E-state index in [0.29, 0.717) is 0 Å². The largest absolute Gasteiger partial charge is 0.344 e. The van der Waals surface area contributed by atoms with Crippen LogP contribution in [0.3, 0.4) is 0 Å². The highest BCUT2D eigenvalue weighted by atomic mass is 35.5. The molecule has 1 aromatic heterocycles. The Kier molecular flexibility index (Phi) is 2.87. The molecule has 0 saturated heterocycles. The minimum Gasteiger partial charge on any atom is -0.344 e. The van der Waals surface area contributed by atoms with Crippen LogP contribution in [-0.2, 0) is 19.4 Å². The van der Waals surface area contributed by atoms with Crippen LogP contribution in [0.1, 0.15) is 37.4 Å². The van der Waals surface area contributed by atoms with Crippen LogP contribution in [0.5, 0.6) is 0 Å². The van der Waals surface area contributed by atoms with Gasteiger partial charge >= 0.3 is 0 Å². The Bertz CT molecular complexity index is 554. The van der Waals surface area contributed by atoms with E-state index in [4.69, 9.17) is 11.6 Å². The van der Waals surface area contributed by atoms with E-state index >= 15 is 0 Å². The van der Waals surface area contributed by atoms with Crippen LogP contribution in [0, 0.1) is 0 Å². The fourth-order valence-corrected chi connectivity index (χ4v) is 3.26. The topological polar surface area (TPSA) is 4.93 Å². The number of fused-ring (bicyclic) bond motifs is 3. The molecule has 2 aromatic rings. The number of halogens is 1. The first kappa shape index (κ1) is 11.2. The minimum atomic E-state index is 0.861. The molecule has 1 nitrogen and oxygen atoms in total. The summed E-state index contributed by atoms with van der Waals surface area (Å²) >= 11 is 6.14. The van der Waals surface area contributed by atoms with Crippen molar-refractivity contribution >= 4 is 22.5 Å². The van der Waals surface area contributed by atoms with E-state index in [1.807, 2.05) is 6.07 Å². The third kappa shape index (κ3) is 1.77. The van der Waals surface area contributed by atoms with Crippen molar-refractivity contribution in [2.45, 2.75) is 45.6 Å². The van der Waals surface area contributed by atoms with Gasteiger partial charge in [-0.15, -0.1) is 0 Å². The second kappa shape index (κ2) is 4.38. The Morgan fingerprint density at radius 3 is 2.88 bits per heavy atom. The first-order chi connectivity index (χ1) is 8.31. The van der Waals surface area contributed by atoms with Gasteiger partial charge in [0, 0.05) is 28.2 Å². The lowest BCUT2D eigenvalue weighted by molar-refractivity contribution is 0.606. The zero-order valence-electron chi connectivity index (χ0n) is 10.3. The summed E-state index contributed by atoms with van der Waals surface area (Å²) in [5, 5.41) is 2.25. The summed E-state index contributed by atoms with van der Waals surface area (Å²) in [7, 11) is 0. The van der Waals surface area contributed by atoms with Crippen LogP contribution in [0.15, 0.2) is 18.2 Å². The Balaban J connectivity index is 2.29. The van der Waals surface area contributed by atoms with E-state index in [2.05, 4.69) is 23.6 Å². The normalized spacial score (nSPS) is 15.2. The summed E-state index contributed by atoms with van der Waals surface area (Å²) in [5.74, 6) is 0. The van der Waals surface area contributed by atoms with Gasteiger partial charge in [-0.3, -0.25) is 0 Å². The van der Waals surface area contributed by atoms with E-state index in [9.17, 15) is 0 Å². The second-order valence-electron chi connectivity index (χ2n) is 4.95. The van der Waals surface area contributed by atoms with Crippen molar-refractivity contribution < 1.29 is 0 Å². The summed E-state index contributed by atoms with van der Waals surface area (Å²) in [5.41, 5.74) is 4.50. The van der Waals surface area contributed by atoms with Gasteiger partial charge in [-0.25, -0.2) is 0 Å². The second-order valence-corrected chi connectivity index (χ2v) is 5.38. The van der Waals surface area contributed by atoms with Crippen LogP contribution < -0.4 is 0 Å². The molecule has 1 aliphatic rings. The van der Waals surface area contributed by atoms with E-state index in [-0.39, 0.29) is 0 Å². The molecule has 0 fully saturated rings. The predicted molar refractivity (Wildman–Crippen MR) is 73.9 cm³/mol. The molecule has 17 heavy (non-hydrogen) atoms. The molecule has 0 bridgehead atoms. The molecule has 90 valence electrons. The molecule has 0 amide bonds. The van der Waals surface area contributed by atoms with E-state index < -0.39 is 0 Å². The van der Waals surface area contributed by atoms with Crippen molar-refractivity contribution in [2.24, 2.45) is 0 Å². The first-order valence-corrected chi connectivity index (χ1v) is 6.98. The van der Waals surface area contributed by atoms with Gasteiger partial charge in [-0.2, -0.15) is 0 Å². The molecule has 1 aliphatic carbocycles. The van der Waals surface area contributed by atoms with Gasteiger partial charge in [0.2, 0.25) is 0 Å². The molecule has 0 unspecified atom stereocenters. The van der Waals surface area contributed by atoms with Gasteiger partial charge in [0.1, 0.15) is 0 Å². The van der Waals surface area contributed by atoms with Gasteiger partial charge in [0.05, 0.1) is 0 Å². The molecule has 0 N–H and O–H groups in total. The Morgan fingerprint density at radius 1 is 1.24 bits per heavy atom. The van der Waals surface area contributed by atoms with Crippen molar-refractivity contribution in [1.82, 2.24) is 4.57 Å². The van der Waals surface area contributed by atoms with Gasteiger partial charge < -0.3 is 4.57 Å². The van der Waals surface area contributed by atoms with Crippen molar-refractivity contribution in [3.63, 3.8) is 0 Å². The van der Waals surface area contributed by atoms with Crippen LogP contribution in [0.25, 0.3) is 10.9 Å². The summed E-state index contributed by atoms with van der Waals surface area (Å²) in [6, 6.07) is 6.35. The summed E-state index contributed by atoms with van der Waals surface area (Å²) in [6.07, 6.45) is 6.31. The number of aryl methyl sites for hydroxylation is 2. The molecule has 2 heteroatoms. The molecule has 3 rings (SSSR count). The zero-order valence-corrected chi connectivity index (χ0v) is 11.1. The van der Waals surface area contributed by atoms with Crippen molar-refractivity contribution in [3.05, 3.63) is 34.5 Å². The average molecular weight is 248 g/mol. The van der Waals surface area contributed by atoms with Gasteiger partial charge in [-0.05, 0) is 55.9 Å². The van der Waals surface area contributed by atoms with Crippen LogP contribution >= 0.6 is 11.6 Å². The number of nitrogens with zero attached hydrogens (tertiary/aromatic N) is 1. The smallest absolute Gasteiger partial charge is 0.0486 e. The highest BCUT2D eigenvalue weighted by Gasteiger charge is 2.19. The van der Waals surface area contributed by atoms with Crippen LogP contribution in [-0.4, -0.2) is 4.57 Å². The molecule has 0 saturated carbocycles. The van der Waals surface area contributed by atoms with Crippen LogP contribution in [0.4, 0.5) is 0 Å². The first-order valence-electron chi connectivity index (χ1n) is 6.60. The molecule has 0 aliphatic heterocycles. The summed E-state index contributed by atoms with van der Waals surface area (Å²) < 4.78 is 2.51. The lowest BCUT2D eigenvalue weighted by Crippen LogP contribution is -2.08. The van der Waals surface area contributed by atoms with Crippen LogP contribution in [0.2, 0.25) is 5.02 Å².